The lowest BCUT2D eigenvalue weighted by Gasteiger charge is -2.17. The van der Waals surface area contributed by atoms with Crippen molar-refractivity contribution in [3.63, 3.8) is 0 Å². The molecule has 0 aliphatic carbocycles. The van der Waals surface area contributed by atoms with Gasteiger partial charge in [-0.3, -0.25) is 9.59 Å². The second-order valence-corrected chi connectivity index (χ2v) is 7.22. The SMILES string of the molecule is CCS(=O)(=O)c1ccccc1C(=O)N1CC[C@H](C(=O)O)C1. The van der Waals surface area contributed by atoms with Crippen LogP contribution in [0.15, 0.2) is 29.2 Å². The minimum Gasteiger partial charge on any atom is -0.481 e. The highest BCUT2D eigenvalue weighted by Gasteiger charge is 2.33. The quantitative estimate of drug-likeness (QED) is 0.896. The van der Waals surface area contributed by atoms with E-state index in [1.54, 1.807) is 12.1 Å². The Morgan fingerprint density at radius 2 is 2.00 bits per heavy atom. The molecule has 0 aromatic heterocycles. The third kappa shape index (κ3) is 3.07. The molecular formula is C14H17NO5S. The van der Waals surface area contributed by atoms with Gasteiger partial charge in [0.2, 0.25) is 0 Å². The van der Waals surface area contributed by atoms with Gasteiger partial charge in [0, 0.05) is 13.1 Å². The topological polar surface area (TPSA) is 91.8 Å². The Kier molecular flexibility index (Phi) is 4.32. The lowest BCUT2D eigenvalue weighted by Crippen LogP contribution is -2.31. The third-order valence-electron chi connectivity index (χ3n) is 3.66. The molecule has 21 heavy (non-hydrogen) atoms. The average molecular weight is 311 g/mol. The van der Waals surface area contributed by atoms with Gasteiger partial charge in [-0.2, -0.15) is 0 Å². The summed E-state index contributed by atoms with van der Waals surface area (Å²) in [7, 11) is -3.50. The number of carboxylic acid groups (broad SMARTS) is 1. The Balaban J connectivity index is 2.31. The van der Waals surface area contributed by atoms with Crippen LogP contribution in [0.4, 0.5) is 0 Å². The van der Waals surface area contributed by atoms with Crippen LogP contribution in [0.25, 0.3) is 0 Å². The fraction of sp³-hybridized carbons (Fsp3) is 0.429. The first-order valence-electron chi connectivity index (χ1n) is 6.70. The number of benzene rings is 1. The van der Waals surface area contributed by atoms with Crippen molar-refractivity contribution in [3.8, 4) is 0 Å². The summed E-state index contributed by atoms with van der Waals surface area (Å²) in [6.45, 7) is 1.97. The number of sulfone groups is 1. The highest BCUT2D eigenvalue weighted by Crippen LogP contribution is 2.23. The summed E-state index contributed by atoms with van der Waals surface area (Å²) >= 11 is 0. The van der Waals surface area contributed by atoms with Gasteiger partial charge in [0.05, 0.1) is 22.1 Å². The van der Waals surface area contributed by atoms with E-state index < -0.39 is 27.6 Å². The molecular weight excluding hydrogens is 294 g/mol. The van der Waals surface area contributed by atoms with Crippen molar-refractivity contribution in [2.24, 2.45) is 5.92 Å². The molecule has 1 aromatic carbocycles. The van der Waals surface area contributed by atoms with E-state index in [0.717, 1.165) is 0 Å². The van der Waals surface area contributed by atoms with Gasteiger partial charge >= 0.3 is 5.97 Å². The number of hydrogen-bond acceptors (Lipinski definition) is 4. The van der Waals surface area contributed by atoms with E-state index in [1.165, 1.54) is 24.0 Å². The van der Waals surface area contributed by atoms with Crippen molar-refractivity contribution in [2.75, 3.05) is 18.8 Å². The van der Waals surface area contributed by atoms with Gasteiger partial charge in [-0.25, -0.2) is 8.42 Å². The van der Waals surface area contributed by atoms with Crippen molar-refractivity contribution in [1.82, 2.24) is 4.90 Å². The van der Waals surface area contributed by atoms with Crippen molar-refractivity contribution in [1.29, 1.82) is 0 Å². The number of carbonyl (C=O) groups is 2. The van der Waals surface area contributed by atoms with E-state index in [1.807, 2.05) is 0 Å². The van der Waals surface area contributed by atoms with Crippen LogP contribution in [0, 0.1) is 5.92 Å². The molecule has 1 atom stereocenters. The molecule has 114 valence electrons. The number of hydrogen-bond donors (Lipinski definition) is 1. The smallest absolute Gasteiger partial charge is 0.308 e. The average Bonchev–Trinajstić information content (AvgIpc) is 2.96. The van der Waals surface area contributed by atoms with Crippen LogP contribution < -0.4 is 0 Å². The summed E-state index contributed by atoms with van der Waals surface area (Å²) in [6, 6.07) is 6.06. The summed E-state index contributed by atoms with van der Waals surface area (Å²) in [4.78, 5) is 24.8. The largest absolute Gasteiger partial charge is 0.481 e. The van der Waals surface area contributed by atoms with E-state index in [2.05, 4.69) is 0 Å². The highest BCUT2D eigenvalue weighted by molar-refractivity contribution is 7.91. The Bertz CT molecular complexity index is 668. The summed E-state index contributed by atoms with van der Waals surface area (Å²) in [5.74, 6) is -2.02. The normalized spacial score (nSPS) is 18.7. The Labute approximate surface area is 123 Å². The van der Waals surface area contributed by atoms with Crippen LogP contribution in [0.5, 0.6) is 0 Å². The number of amides is 1. The van der Waals surface area contributed by atoms with Gasteiger partial charge in [0.25, 0.3) is 5.91 Å². The highest BCUT2D eigenvalue weighted by atomic mass is 32.2. The predicted molar refractivity (Wildman–Crippen MR) is 75.8 cm³/mol. The van der Waals surface area contributed by atoms with Crippen molar-refractivity contribution >= 4 is 21.7 Å². The van der Waals surface area contributed by atoms with Gasteiger partial charge in [-0.05, 0) is 18.6 Å². The zero-order chi connectivity index (χ0) is 15.6. The van der Waals surface area contributed by atoms with E-state index >= 15 is 0 Å². The maximum atomic E-state index is 12.5. The van der Waals surface area contributed by atoms with Gasteiger partial charge in [0.1, 0.15) is 0 Å². The molecule has 1 heterocycles. The molecule has 7 heteroatoms. The molecule has 2 rings (SSSR count). The number of carboxylic acids is 1. The third-order valence-corrected chi connectivity index (χ3v) is 5.44. The predicted octanol–water partition coefficient (Wildman–Crippen LogP) is 1.03. The van der Waals surface area contributed by atoms with E-state index in [4.69, 9.17) is 5.11 Å². The summed E-state index contributed by atoms with van der Waals surface area (Å²) in [6.07, 6.45) is 0.393. The second-order valence-electron chi connectivity index (χ2n) is 4.97. The number of likely N-dealkylation sites (tertiary alicyclic amines) is 1. The molecule has 1 aliphatic rings. The molecule has 0 bridgehead atoms. The molecule has 1 fully saturated rings. The van der Waals surface area contributed by atoms with E-state index in [-0.39, 0.29) is 22.8 Å². The Morgan fingerprint density at radius 1 is 1.33 bits per heavy atom. The fourth-order valence-electron chi connectivity index (χ4n) is 2.39. The molecule has 6 nitrogen and oxygen atoms in total. The second kappa shape index (κ2) is 5.85. The van der Waals surface area contributed by atoms with Crippen LogP contribution in [-0.2, 0) is 14.6 Å². The number of nitrogens with zero attached hydrogens (tertiary/aromatic N) is 1. The van der Waals surface area contributed by atoms with Crippen molar-refractivity contribution in [2.45, 2.75) is 18.2 Å². The maximum Gasteiger partial charge on any atom is 0.308 e. The molecule has 1 amide bonds. The van der Waals surface area contributed by atoms with Crippen LogP contribution in [-0.4, -0.2) is 49.1 Å². The summed E-state index contributed by atoms with van der Waals surface area (Å²) < 4.78 is 24.1. The molecule has 1 aliphatic heterocycles. The number of carbonyl (C=O) groups excluding carboxylic acids is 1. The lowest BCUT2D eigenvalue weighted by molar-refractivity contribution is -0.141. The molecule has 0 radical (unpaired) electrons. The van der Waals surface area contributed by atoms with Crippen LogP contribution in [0.1, 0.15) is 23.7 Å². The van der Waals surface area contributed by atoms with Gasteiger partial charge < -0.3 is 10.0 Å². The van der Waals surface area contributed by atoms with Crippen molar-refractivity contribution < 1.29 is 23.1 Å². The monoisotopic (exact) mass is 311 g/mol. The molecule has 0 spiro atoms. The van der Waals surface area contributed by atoms with E-state index in [9.17, 15) is 18.0 Å². The van der Waals surface area contributed by atoms with E-state index in [0.29, 0.717) is 13.0 Å². The molecule has 1 N–H and O–H groups in total. The van der Waals surface area contributed by atoms with Crippen LogP contribution in [0.2, 0.25) is 0 Å². The Hall–Kier alpha value is -1.89. The summed E-state index contributed by atoms with van der Waals surface area (Å²) in [5, 5.41) is 8.97. The molecule has 1 saturated heterocycles. The maximum absolute atomic E-state index is 12.5. The first-order valence-corrected chi connectivity index (χ1v) is 8.36. The molecule has 0 unspecified atom stereocenters. The first-order chi connectivity index (χ1) is 9.86. The van der Waals surface area contributed by atoms with Gasteiger partial charge in [-0.1, -0.05) is 19.1 Å². The molecule has 1 aromatic rings. The Morgan fingerprint density at radius 3 is 2.57 bits per heavy atom. The molecule has 0 saturated carbocycles. The summed E-state index contributed by atoms with van der Waals surface area (Å²) in [5.41, 5.74) is 0.116. The van der Waals surface area contributed by atoms with Crippen molar-refractivity contribution in [3.05, 3.63) is 29.8 Å². The number of rotatable bonds is 4. The zero-order valence-corrected chi connectivity index (χ0v) is 12.5. The first kappa shape index (κ1) is 15.5. The minimum atomic E-state index is -3.50. The van der Waals surface area contributed by atoms with Gasteiger partial charge in [0.15, 0.2) is 9.84 Å². The standard InChI is InChI=1S/C14H17NO5S/c1-2-21(19,20)12-6-4-3-5-11(12)13(16)15-8-7-10(9-15)14(17)18/h3-6,10H,2,7-9H2,1H3,(H,17,18)/t10-/m0/s1. The minimum absolute atomic E-state index is 0.0104. The zero-order valence-electron chi connectivity index (χ0n) is 11.7. The fourth-order valence-corrected chi connectivity index (χ4v) is 3.47. The van der Waals surface area contributed by atoms with Crippen LogP contribution >= 0.6 is 0 Å². The van der Waals surface area contributed by atoms with Gasteiger partial charge in [-0.15, -0.1) is 0 Å². The number of aliphatic carboxylic acids is 1. The van der Waals surface area contributed by atoms with Crippen LogP contribution in [0.3, 0.4) is 0 Å². The lowest BCUT2D eigenvalue weighted by atomic mass is 10.1.